The maximum atomic E-state index is 12.6. The highest BCUT2D eigenvalue weighted by molar-refractivity contribution is 7.99. The van der Waals surface area contributed by atoms with Crippen LogP contribution in [0.4, 0.5) is 5.13 Å². The number of thioether (sulfide) groups is 1. The molecule has 8 nitrogen and oxygen atoms in total. The first-order chi connectivity index (χ1) is 17.7. The number of carbonyl (C=O) groups is 1. The first-order valence-electron chi connectivity index (χ1n) is 11.2. The van der Waals surface area contributed by atoms with Gasteiger partial charge in [-0.1, -0.05) is 71.6 Å². The number of benzene rings is 3. The molecule has 3 aromatic carbocycles. The molecule has 6 aromatic rings. The molecule has 1 amide bonds. The summed E-state index contributed by atoms with van der Waals surface area (Å²) < 4.78 is 8.35. The van der Waals surface area contributed by atoms with E-state index in [1.165, 1.54) is 28.7 Å². The van der Waals surface area contributed by atoms with Gasteiger partial charge in [-0.15, -0.1) is 10.2 Å². The van der Waals surface area contributed by atoms with Crippen LogP contribution in [0, 0.1) is 0 Å². The number of hydrogen-bond donors (Lipinski definition) is 1. The number of nitrogens with zero attached hydrogens (tertiary/aromatic N) is 5. The van der Waals surface area contributed by atoms with Crippen LogP contribution in [0.2, 0.25) is 0 Å². The Hall–Kier alpha value is -4.02. The number of hydrogen-bond acceptors (Lipinski definition) is 8. The van der Waals surface area contributed by atoms with Gasteiger partial charge in [-0.25, -0.2) is 9.97 Å². The Balaban J connectivity index is 1.23. The van der Waals surface area contributed by atoms with Crippen molar-refractivity contribution < 1.29 is 9.53 Å². The van der Waals surface area contributed by atoms with Crippen LogP contribution in [0.25, 0.3) is 32.3 Å². The first kappa shape index (κ1) is 22.4. The number of rotatable bonds is 7. The monoisotopic (exact) mass is 512 g/mol. The summed E-state index contributed by atoms with van der Waals surface area (Å²) in [5, 5.41) is 13.6. The third-order valence-corrected chi connectivity index (χ3v) is 7.48. The van der Waals surface area contributed by atoms with Crippen molar-refractivity contribution in [1.29, 1.82) is 0 Å². The maximum absolute atomic E-state index is 12.6. The molecule has 0 bridgehead atoms. The molecule has 0 atom stereocenters. The van der Waals surface area contributed by atoms with Crippen molar-refractivity contribution in [1.82, 2.24) is 24.7 Å². The number of ether oxygens (including phenoxy) is 1. The van der Waals surface area contributed by atoms with Gasteiger partial charge in [-0.2, -0.15) is 0 Å². The zero-order valence-corrected chi connectivity index (χ0v) is 20.8. The van der Waals surface area contributed by atoms with Gasteiger partial charge in [-0.05, 0) is 29.8 Å². The lowest BCUT2D eigenvalue weighted by Crippen LogP contribution is -2.14. The summed E-state index contributed by atoms with van der Waals surface area (Å²) in [6, 6.07) is 24.0. The Kier molecular flexibility index (Phi) is 5.96. The van der Waals surface area contributed by atoms with E-state index in [-0.39, 0.29) is 11.7 Å². The second-order valence-corrected chi connectivity index (χ2v) is 10.0. The Morgan fingerprint density at radius 3 is 2.72 bits per heavy atom. The number of para-hydroxylation sites is 1. The summed E-state index contributed by atoms with van der Waals surface area (Å²) in [7, 11) is 1.62. The number of amides is 1. The number of fused-ring (bicyclic) bond motifs is 4. The van der Waals surface area contributed by atoms with Gasteiger partial charge in [-0.3, -0.25) is 4.79 Å². The van der Waals surface area contributed by atoms with Crippen molar-refractivity contribution in [3.63, 3.8) is 0 Å². The largest absolute Gasteiger partial charge is 0.497 e. The van der Waals surface area contributed by atoms with Gasteiger partial charge in [0.05, 0.1) is 28.6 Å². The number of thiazole rings is 1. The molecule has 178 valence electrons. The van der Waals surface area contributed by atoms with Gasteiger partial charge >= 0.3 is 0 Å². The molecule has 0 aliphatic carbocycles. The molecule has 0 unspecified atom stereocenters. The smallest absolute Gasteiger partial charge is 0.236 e. The molecule has 6 rings (SSSR count). The molecule has 3 aromatic heterocycles. The van der Waals surface area contributed by atoms with Gasteiger partial charge in [0.15, 0.2) is 10.8 Å². The van der Waals surface area contributed by atoms with Crippen LogP contribution in [0.1, 0.15) is 5.56 Å². The molecular weight excluding hydrogens is 492 g/mol. The van der Waals surface area contributed by atoms with E-state index < -0.39 is 0 Å². The predicted molar refractivity (Wildman–Crippen MR) is 144 cm³/mol. The predicted octanol–water partition coefficient (Wildman–Crippen LogP) is 5.38. The normalized spacial score (nSPS) is 11.4. The van der Waals surface area contributed by atoms with Gasteiger partial charge in [0.1, 0.15) is 11.3 Å². The standard InChI is InChI=1S/C26H20N6O2S2/c1-34-17-11-12-19-21(13-17)36-25(27-19)28-22(33)15-35-26-29-24-23(30-31-26)18-9-5-6-10-20(18)32(24)14-16-7-3-2-4-8-16/h2-13H,14-15H2,1H3,(H,27,28,33). The molecule has 0 spiro atoms. The van der Waals surface area contributed by atoms with Crippen LogP contribution in [-0.4, -0.2) is 43.5 Å². The van der Waals surface area contributed by atoms with Crippen LogP contribution in [-0.2, 0) is 11.3 Å². The Labute approximate surface area is 214 Å². The summed E-state index contributed by atoms with van der Waals surface area (Å²) in [4.78, 5) is 21.9. The van der Waals surface area contributed by atoms with Gasteiger partial charge in [0.2, 0.25) is 11.1 Å². The molecule has 0 saturated carbocycles. The number of nitrogens with one attached hydrogen (secondary N) is 1. The molecule has 10 heteroatoms. The SMILES string of the molecule is COc1ccc2nc(NC(=O)CSc3nnc4c5ccccc5n(Cc5ccccc5)c4n3)sc2c1. The molecule has 0 aliphatic rings. The van der Waals surface area contributed by atoms with Gasteiger partial charge in [0.25, 0.3) is 0 Å². The molecule has 3 heterocycles. The molecule has 0 saturated heterocycles. The second kappa shape index (κ2) is 9.56. The first-order valence-corrected chi connectivity index (χ1v) is 13.0. The summed E-state index contributed by atoms with van der Waals surface area (Å²) in [6.45, 7) is 0.663. The fourth-order valence-corrected chi connectivity index (χ4v) is 5.54. The average molecular weight is 513 g/mol. The van der Waals surface area contributed by atoms with Crippen LogP contribution in [0.3, 0.4) is 0 Å². The Morgan fingerprint density at radius 2 is 1.86 bits per heavy atom. The number of carbonyl (C=O) groups excluding carboxylic acids is 1. The third kappa shape index (κ3) is 4.36. The van der Waals surface area contributed by atoms with Gasteiger partial charge < -0.3 is 14.6 Å². The van der Waals surface area contributed by atoms with Crippen LogP contribution in [0.15, 0.2) is 78.0 Å². The maximum Gasteiger partial charge on any atom is 0.236 e. The van der Waals surface area contributed by atoms with E-state index in [1.807, 2.05) is 54.6 Å². The molecule has 36 heavy (non-hydrogen) atoms. The summed E-state index contributed by atoms with van der Waals surface area (Å²) >= 11 is 2.65. The lowest BCUT2D eigenvalue weighted by molar-refractivity contribution is -0.113. The molecule has 0 aliphatic heterocycles. The van der Waals surface area contributed by atoms with Crippen molar-refractivity contribution in [2.45, 2.75) is 11.7 Å². The van der Waals surface area contributed by atoms with E-state index >= 15 is 0 Å². The van der Waals surface area contributed by atoms with Crippen LogP contribution in [0.5, 0.6) is 5.75 Å². The van der Waals surface area contributed by atoms with Crippen molar-refractivity contribution >= 4 is 66.4 Å². The zero-order valence-electron chi connectivity index (χ0n) is 19.2. The van der Waals surface area contributed by atoms with Crippen molar-refractivity contribution in [3.05, 3.63) is 78.4 Å². The fourth-order valence-electron chi connectivity index (χ4n) is 4.05. The van der Waals surface area contributed by atoms with E-state index in [0.717, 1.165) is 38.0 Å². The van der Waals surface area contributed by atoms with Crippen molar-refractivity contribution in [2.24, 2.45) is 0 Å². The number of methoxy groups -OCH3 is 1. The van der Waals surface area contributed by atoms with E-state index in [1.54, 1.807) is 7.11 Å². The molecular formula is C26H20N6O2S2. The quantitative estimate of drug-likeness (QED) is 0.287. The lowest BCUT2D eigenvalue weighted by atomic mass is 10.2. The average Bonchev–Trinajstić information content (AvgIpc) is 3.45. The minimum atomic E-state index is -0.181. The molecule has 1 N–H and O–H groups in total. The van der Waals surface area contributed by atoms with Crippen LogP contribution >= 0.6 is 23.1 Å². The van der Waals surface area contributed by atoms with E-state index in [4.69, 9.17) is 9.72 Å². The summed E-state index contributed by atoms with van der Waals surface area (Å²) in [6.07, 6.45) is 0. The summed E-state index contributed by atoms with van der Waals surface area (Å²) in [5.74, 6) is 0.717. The van der Waals surface area contributed by atoms with E-state index in [9.17, 15) is 4.79 Å². The highest BCUT2D eigenvalue weighted by atomic mass is 32.2. The van der Waals surface area contributed by atoms with E-state index in [0.29, 0.717) is 16.8 Å². The third-order valence-electron chi connectivity index (χ3n) is 5.71. The van der Waals surface area contributed by atoms with Crippen LogP contribution < -0.4 is 10.1 Å². The number of aromatic nitrogens is 5. The lowest BCUT2D eigenvalue weighted by Gasteiger charge is -2.07. The Morgan fingerprint density at radius 1 is 1.03 bits per heavy atom. The molecule has 0 radical (unpaired) electrons. The topological polar surface area (TPSA) is 94.8 Å². The van der Waals surface area contributed by atoms with E-state index in [2.05, 4.69) is 43.3 Å². The molecule has 0 fully saturated rings. The van der Waals surface area contributed by atoms with Crippen molar-refractivity contribution in [2.75, 3.05) is 18.2 Å². The fraction of sp³-hybridized carbons (Fsp3) is 0.115. The zero-order chi connectivity index (χ0) is 24.5. The van der Waals surface area contributed by atoms with Gasteiger partial charge in [0, 0.05) is 11.9 Å². The summed E-state index contributed by atoms with van der Waals surface area (Å²) in [5.41, 5.74) is 4.53. The second-order valence-electron chi connectivity index (χ2n) is 8.05. The van der Waals surface area contributed by atoms with Crippen molar-refractivity contribution in [3.8, 4) is 5.75 Å². The minimum Gasteiger partial charge on any atom is -0.497 e. The highest BCUT2D eigenvalue weighted by Crippen LogP contribution is 2.30. The minimum absolute atomic E-state index is 0.144. The Bertz CT molecular complexity index is 1710. The number of anilines is 1. The highest BCUT2D eigenvalue weighted by Gasteiger charge is 2.16.